The minimum Gasteiger partial charge on any atom is -0.321 e. The molecule has 0 aliphatic heterocycles. The molecular formula is C21H13ClN4O3S. The number of hydrogen-bond acceptors (Lipinski definition) is 6. The molecule has 3 rings (SSSR count). The summed E-state index contributed by atoms with van der Waals surface area (Å²) in [5.74, 6) is -0.644. The van der Waals surface area contributed by atoms with E-state index in [1.54, 1.807) is 60.8 Å². The van der Waals surface area contributed by atoms with Crippen LogP contribution in [0.4, 0.5) is 11.4 Å². The maximum Gasteiger partial charge on any atom is 0.283 e. The number of nitro benzene ring substituents is 1. The van der Waals surface area contributed by atoms with Gasteiger partial charge in [0.05, 0.1) is 9.82 Å². The van der Waals surface area contributed by atoms with E-state index in [0.29, 0.717) is 26.2 Å². The second-order valence-electron chi connectivity index (χ2n) is 5.89. The molecule has 0 unspecified atom stereocenters. The summed E-state index contributed by atoms with van der Waals surface area (Å²) < 4.78 is 0. The fourth-order valence-corrected chi connectivity index (χ4v) is 3.50. The van der Waals surface area contributed by atoms with Crippen molar-refractivity contribution in [2.24, 2.45) is 0 Å². The van der Waals surface area contributed by atoms with Crippen LogP contribution in [0.3, 0.4) is 0 Å². The van der Waals surface area contributed by atoms with Crippen molar-refractivity contribution in [3.63, 3.8) is 0 Å². The Hall–Kier alpha value is -3.67. The number of amides is 1. The average molecular weight is 437 g/mol. The Morgan fingerprint density at radius 3 is 2.70 bits per heavy atom. The van der Waals surface area contributed by atoms with Crippen LogP contribution in [0.5, 0.6) is 0 Å². The summed E-state index contributed by atoms with van der Waals surface area (Å²) in [7, 11) is 0. The smallest absolute Gasteiger partial charge is 0.283 e. The number of pyridine rings is 1. The number of nitrogens with zero attached hydrogens (tertiary/aromatic N) is 3. The normalized spacial score (nSPS) is 10.9. The fraction of sp³-hybridized carbons (Fsp3) is 0. The third-order valence-electron chi connectivity index (χ3n) is 3.79. The quantitative estimate of drug-likeness (QED) is 0.242. The highest BCUT2D eigenvalue weighted by Crippen LogP contribution is 2.34. The van der Waals surface area contributed by atoms with Gasteiger partial charge >= 0.3 is 0 Å². The molecule has 0 fully saturated rings. The van der Waals surface area contributed by atoms with Crippen LogP contribution < -0.4 is 5.32 Å². The van der Waals surface area contributed by atoms with Gasteiger partial charge in [0, 0.05) is 23.0 Å². The summed E-state index contributed by atoms with van der Waals surface area (Å²) in [5.41, 5.74) is 0.438. The zero-order valence-corrected chi connectivity index (χ0v) is 16.9. The molecule has 0 saturated carbocycles. The standard InChI is InChI=1S/C21H13ClN4O3S/c22-16-4-3-5-17(12-16)25-21(27)15(13-23)10-14-7-8-19(18(11-14)26(28)29)30-20-6-1-2-9-24-20/h1-12H,(H,25,27)/b15-10+. The topological polar surface area (TPSA) is 109 Å². The van der Waals surface area contributed by atoms with Crippen LogP contribution in [-0.4, -0.2) is 15.8 Å². The van der Waals surface area contributed by atoms with E-state index in [1.165, 1.54) is 12.1 Å². The number of nitro groups is 1. The van der Waals surface area contributed by atoms with E-state index < -0.39 is 10.8 Å². The largest absolute Gasteiger partial charge is 0.321 e. The molecule has 148 valence electrons. The number of nitriles is 1. The number of rotatable bonds is 6. The Labute approximate surface area is 181 Å². The molecule has 0 saturated heterocycles. The van der Waals surface area contributed by atoms with Gasteiger partial charge in [0.2, 0.25) is 0 Å². The number of carbonyl (C=O) groups is 1. The van der Waals surface area contributed by atoms with E-state index in [9.17, 15) is 20.2 Å². The van der Waals surface area contributed by atoms with E-state index in [0.717, 1.165) is 11.8 Å². The van der Waals surface area contributed by atoms with Gasteiger partial charge in [-0.25, -0.2) is 4.98 Å². The molecular weight excluding hydrogens is 424 g/mol. The second kappa shape index (κ2) is 9.69. The van der Waals surface area contributed by atoms with Gasteiger partial charge in [0.25, 0.3) is 11.6 Å². The SMILES string of the molecule is N#C/C(=C\c1ccc(Sc2ccccn2)c([N+](=O)[O-])c1)C(=O)Nc1cccc(Cl)c1. The Morgan fingerprint density at radius 1 is 1.20 bits per heavy atom. The van der Waals surface area contributed by atoms with Gasteiger partial charge in [-0.05, 0) is 48.0 Å². The summed E-state index contributed by atoms with van der Waals surface area (Å²) in [6, 6.07) is 18.1. The van der Waals surface area contributed by atoms with Gasteiger partial charge in [-0.3, -0.25) is 14.9 Å². The summed E-state index contributed by atoms with van der Waals surface area (Å²) >= 11 is 7.05. The molecule has 1 amide bonds. The molecule has 0 spiro atoms. The van der Waals surface area contributed by atoms with Crippen molar-refractivity contribution < 1.29 is 9.72 Å². The molecule has 0 radical (unpaired) electrons. The number of nitrogens with one attached hydrogen (secondary N) is 1. The summed E-state index contributed by atoms with van der Waals surface area (Å²) in [4.78, 5) is 28.0. The number of halogens is 1. The van der Waals surface area contributed by atoms with Crippen LogP contribution in [0, 0.1) is 21.4 Å². The van der Waals surface area contributed by atoms with Crippen LogP contribution in [0.25, 0.3) is 6.08 Å². The molecule has 0 bridgehead atoms. The predicted molar refractivity (Wildman–Crippen MR) is 115 cm³/mol. The highest BCUT2D eigenvalue weighted by atomic mass is 35.5. The maximum absolute atomic E-state index is 12.4. The highest BCUT2D eigenvalue weighted by Gasteiger charge is 2.17. The number of hydrogen-bond donors (Lipinski definition) is 1. The zero-order chi connectivity index (χ0) is 21.5. The van der Waals surface area contributed by atoms with Gasteiger partial charge in [0.15, 0.2) is 0 Å². The number of anilines is 1. The second-order valence-corrected chi connectivity index (χ2v) is 7.39. The Morgan fingerprint density at radius 2 is 2.03 bits per heavy atom. The van der Waals surface area contributed by atoms with Gasteiger partial charge in [-0.2, -0.15) is 5.26 Å². The molecule has 30 heavy (non-hydrogen) atoms. The molecule has 0 aliphatic carbocycles. The molecule has 1 aromatic heterocycles. The lowest BCUT2D eigenvalue weighted by Gasteiger charge is -2.06. The first kappa shape index (κ1) is 21.0. The Kier molecular flexibility index (Phi) is 6.80. The molecule has 9 heteroatoms. The number of benzene rings is 2. The van der Waals surface area contributed by atoms with E-state index in [2.05, 4.69) is 10.3 Å². The van der Waals surface area contributed by atoms with Crippen LogP contribution in [0.1, 0.15) is 5.56 Å². The van der Waals surface area contributed by atoms with E-state index >= 15 is 0 Å². The lowest BCUT2D eigenvalue weighted by molar-refractivity contribution is -0.387. The summed E-state index contributed by atoms with van der Waals surface area (Å²) in [5, 5.41) is 24.5. The third kappa shape index (κ3) is 5.44. The molecule has 0 aliphatic rings. The summed E-state index contributed by atoms with van der Waals surface area (Å²) in [6.45, 7) is 0. The van der Waals surface area contributed by atoms with Crippen molar-refractivity contribution in [3.8, 4) is 6.07 Å². The van der Waals surface area contributed by atoms with Gasteiger partial charge < -0.3 is 5.32 Å². The van der Waals surface area contributed by atoms with Crippen LogP contribution in [0.2, 0.25) is 5.02 Å². The minimum absolute atomic E-state index is 0.146. The Balaban J connectivity index is 1.87. The van der Waals surface area contributed by atoms with Crippen molar-refractivity contribution in [3.05, 3.63) is 93.1 Å². The van der Waals surface area contributed by atoms with Gasteiger partial charge in [0.1, 0.15) is 16.7 Å². The van der Waals surface area contributed by atoms with Crippen molar-refractivity contribution in [2.75, 3.05) is 5.32 Å². The predicted octanol–water partition coefficient (Wildman–Crippen LogP) is 5.34. The maximum atomic E-state index is 12.4. The van der Waals surface area contributed by atoms with E-state index in [-0.39, 0.29) is 11.3 Å². The molecule has 3 aromatic rings. The van der Waals surface area contributed by atoms with Gasteiger partial charge in [-0.1, -0.05) is 41.6 Å². The Bertz CT molecular complexity index is 1180. The van der Waals surface area contributed by atoms with Gasteiger partial charge in [-0.15, -0.1) is 0 Å². The molecule has 1 heterocycles. The first-order chi connectivity index (χ1) is 14.5. The lowest BCUT2D eigenvalue weighted by Crippen LogP contribution is -2.13. The first-order valence-corrected chi connectivity index (χ1v) is 9.72. The van der Waals surface area contributed by atoms with Crippen molar-refractivity contribution >= 4 is 46.7 Å². The number of carbonyl (C=O) groups excluding carboxylic acids is 1. The van der Waals surface area contributed by atoms with Crippen LogP contribution in [0.15, 0.2) is 82.4 Å². The van der Waals surface area contributed by atoms with Crippen molar-refractivity contribution in [1.82, 2.24) is 4.98 Å². The lowest BCUT2D eigenvalue weighted by atomic mass is 10.1. The van der Waals surface area contributed by atoms with Crippen molar-refractivity contribution in [1.29, 1.82) is 5.26 Å². The average Bonchev–Trinajstić information content (AvgIpc) is 2.73. The zero-order valence-electron chi connectivity index (χ0n) is 15.3. The van der Waals surface area contributed by atoms with E-state index in [4.69, 9.17) is 11.6 Å². The molecule has 1 N–H and O–H groups in total. The third-order valence-corrected chi connectivity index (χ3v) is 5.04. The van der Waals surface area contributed by atoms with E-state index in [1.807, 2.05) is 6.07 Å². The first-order valence-electron chi connectivity index (χ1n) is 8.52. The van der Waals surface area contributed by atoms with Crippen LogP contribution >= 0.6 is 23.4 Å². The minimum atomic E-state index is -0.644. The molecule has 7 nitrogen and oxygen atoms in total. The molecule has 2 aromatic carbocycles. The fourth-order valence-electron chi connectivity index (χ4n) is 2.45. The van der Waals surface area contributed by atoms with Crippen molar-refractivity contribution in [2.45, 2.75) is 9.92 Å². The highest BCUT2D eigenvalue weighted by molar-refractivity contribution is 7.99. The summed E-state index contributed by atoms with van der Waals surface area (Å²) in [6.07, 6.45) is 2.89. The van der Waals surface area contributed by atoms with Crippen LogP contribution in [-0.2, 0) is 4.79 Å². The molecule has 0 atom stereocenters. The number of aromatic nitrogens is 1. The monoisotopic (exact) mass is 436 g/mol.